The lowest BCUT2D eigenvalue weighted by Crippen LogP contribution is -2.26. The summed E-state index contributed by atoms with van der Waals surface area (Å²) >= 11 is 6.70. The van der Waals surface area contributed by atoms with Crippen molar-refractivity contribution in [2.45, 2.75) is 57.5 Å². The number of nitrogens with zero attached hydrogens (tertiary/aromatic N) is 8. The zero-order chi connectivity index (χ0) is 46.2. The standard InChI is InChI=1S/C18H18IN3O3.C15H18IN3O3.C13H13IN2O2/c1-21(25-3)18(23)17-15-10-13(19)6-9-16(15)22(20-17)11-12-4-7-14(24-2)8-5-12;1-18(21-2)15(20)14-11-9-10(16)6-7-12(11)19(17-14)13-5-3-4-8-22-13;14-9-4-5-12-10(7-9)11(8-17)15-16(12)13-3-1-2-6-18-13/h4-10H,11H2,1-3H3;6-7,9,13H,3-5,8H2,1-2H3;4-5,7-8,13H,1-3,6H2. The fraction of sp³-hybridized carbons (Fsp3) is 0.348. The largest absolute Gasteiger partial charge is 0.497 e. The Bertz CT molecular complexity index is 2780. The Balaban J connectivity index is 0.000000147. The van der Waals surface area contributed by atoms with Gasteiger partial charge in [0.25, 0.3) is 11.8 Å². The molecular weight excluding hydrogens is 1170 g/mol. The highest BCUT2D eigenvalue weighted by molar-refractivity contribution is 14.1. The van der Waals surface area contributed by atoms with Gasteiger partial charge in [-0.2, -0.15) is 15.3 Å². The van der Waals surface area contributed by atoms with E-state index in [0.717, 1.165) is 113 Å². The summed E-state index contributed by atoms with van der Waals surface area (Å²) in [6, 6.07) is 25.8. The van der Waals surface area contributed by atoms with Crippen molar-refractivity contribution < 1.29 is 38.3 Å². The number of halogens is 3. The lowest BCUT2D eigenvalue weighted by atomic mass is 10.1. The normalized spacial score (nSPS) is 16.1. The number of aromatic nitrogens is 6. The van der Waals surface area contributed by atoms with Gasteiger partial charge in [0.2, 0.25) is 0 Å². The van der Waals surface area contributed by atoms with Crippen LogP contribution < -0.4 is 4.74 Å². The van der Waals surface area contributed by atoms with Crippen molar-refractivity contribution in [3.63, 3.8) is 0 Å². The Kier molecular flexibility index (Phi) is 16.8. The Morgan fingerprint density at radius 2 is 1.14 bits per heavy atom. The molecule has 0 spiro atoms. The first-order valence-corrected chi connectivity index (χ1v) is 24.2. The first-order valence-electron chi connectivity index (χ1n) is 20.9. The van der Waals surface area contributed by atoms with Crippen LogP contribution in [0.5, 0.6) is 5.75 Å². The molecule has 2 atom stereocenters. The van der Waals surface area contributed by atoms with Crippen molar-refractivity contribution in [2.75, 3.05) is 48.6 Å². The van der Waals surface area contributed by atoms with Crippen molar-refractivity contribution in [2.24, 2.45) is 0 Å². The molecule has 0 aliphatic carbocycles. The molecule has 0 N–H and O–H groups in total. The summed E-state index contributed by atoms with van der Waals surface area (Å²) in [4.78, 5) is 46.2. The van der Waals surface area contributed by atoms with Gasteiger partial charge in [-0.05, 0) is 179 Å². The summed E-state index contributed by atoms with van der Waals surface area (Å²) in [7, 11) is 7.72. The number of ether oxygens (including phenoxy) is 3. The Morgan fingerprint density at radius 3 is 1.63 bits per heavy atom. The highest BCUT2D eigenvalue weighted by Crippen LogP contribution is 2.31. The quantitative estimate of drug-likeness (QED) is 0.0730. The molecule has 7 aromatic rings. The minimum Gasteiger partial charge on any atom is -0.497 e. The molecule has 0 saturated carbocycles. The molecular formula is C46H49I3N8O8. The van der Waals surface area contributed by atoms with Crippen molar-refractivity contribution in [1.82, 2.24) is 39.5 Å². The molecule has 2 unspecified atom stereocenters. The van der Waals surface area contributed by atoms with Crippen molar-refractivity contribution in [3.05, 3.63) is 112 Å². The summed E-state index contributed by atoms with van der Waals surface area (Å²) in [5.41, 5.74) is 5.15. The number of rotatable bonds is 10. The zero-order valence-electron chi connectivity index (χ0n) is 36.6. The van der Waals surface area contributed by atoms with E-state index < -0.39 is 0 Å². The molecule has 342 valence electrons. The number of hydrogen-bond donors (Lipinski definition) is 0. The van der Waals surface area contributed by atoms with E-state index in [9.17, 15) is 14.4 Å². The van der Waals surface area contributed by atoms with Crippen LogP contribution in [0.25, 0.3) is 32.7 Å². The first-order chi connectivity index (χ1) is 31.4. The third kappa shape index (κ3) is 11.3. The first kappa shape index (κ1) is 48.7. The number of fused-ring (bicyclic) bond motifs is 3. The lowest BCUT2D eigenvalue weighted by Gasteiger charge is -2.23. The number of benzene rings is 4. The Morgan fingerprint density at radius 1 is 0.662 bits per heavy atom. The molecule has 2 aliphatic rings. The topological polar surface area (TPSA) is 157 Å². The van der Waals surface area contributed by atoms with E-state index in [4.69, 9.17) is 23.9 Å². The van der Waals surface area contributed by atoms with E-state index in [0.29, 0.717) is 23.6 Å². The van der Waals surface area contributed by atoms with Crippen LogP contribution in [0, 0.1) is 10.7 Å². The van der Waals surface area contributed by atoms with Crippen LogP contribution in [-0.2, 0) is 25.7 Å². The maximum absolute atomic E-state index is 12.6. The van der Waals surface area contributed by atoms with Crippen molar-refractivity contribution >= 4 is 119 Å². The predicted octanol–water partition coefficient (Wildman–Crippen LogP) is 9.46. The summed E-state index contributed by atoms with van der Waals surface area (Å²) in [5, 5.41) is 18.4. The van der Waals surface area contributed by atoms with Gasteiger partial charge in [0.1, 0.15) is 11.4 Å². The lowest BCUT2D eigenvalue weighted by molar-refractivity contribution is -0.0762. The van der Waals surface area contributed by atoms with E-state index >= 15 is 0 Å². The van der Waals surface area contributed by atoms with Crippen LogP contribution in [0.4, 0.5) is 0 Å². The van der Waals surface area contributed by atoms with Crippen LogP contribution in [-0.4, -0.2) is 106 Å². The molecule has 2 fully saturated rings. The smallest absolute Gasteiger partial charge is 0.298 e. The fourth-order valence-electron chi connectivity index (χ4n) is 7.57. The minimum absolute atomic E-state index is 0.0324. The Labute approximate surface area is 417 Å². The molecule has 0 radical (unpaired) electrons. The average molecular weight is 1220 g/mol. The van der Waals surface area contributed by atoms with E-state index in [1.165, 1.54) is 24.3 Å². The SMILES string of the molecule is CON(C)C(=O)c1nn(C2CCCCO2)c2ccc(I)cc12.COc1ccc(Cn2nc(C(=O)N(C)OC)c3cc(I)ccc32)cc1.O=Cc1nn(C2CCCCO2)c2ccc(I)cc12. The summed E-state index contributed by atoms with van der Waals surface area (Å²) in [5.74, 6) is 0.272. The number of carbonyl (C=O) groups excluding carboxylic acids is 3. The monoisotopic (exact) mass is 1220 g/mol. The predicted molar refractivity (Wildman–Crippen MR) is 271 cm³/mol. The molecule has 2 amide bonds. The summed E-state index contributed by atoms with van der Waals surface area (Å²) in [6.07, 6.45) is 6.99. The van der Waals surface area contributed by atoms with Crippen molar-refractivity contribution in [1.29, 1.82) is 0 Å². The maximum atomic E-state index is 12.6. The van der Waals surface area contributed by atoms with Gasteiger partial charge >= 0.3 is 0 Å². The van der Waals surface area contributed by atoms with Crippen molar-refractivity contribution in [3.8, 4) is 5.75 Å². The minimum atomic E-state index is -0.275. The van der Waals surface area contributed by atoms with Crippen LogP contribution in [0.2, 0.25) is 0 Å². The van der Waals surface area contributed by atoms with E-state index in [1.807, 2.05) is 92.9 Å². The highest BCUT2D eigenvalue weighted by Gasteiger charge is 2.26. The molecule has 19 heteroatoms. The number of hydrogen-bond acceptors (Lipinski definition) is 11. The summed E-state index contributed by atoms with van der Waals surface area (Å²) < 4.78 is 25.5. The molecule has 2 aliphatic heterocycles. The van der Waals surface area contributed by atoms with Gasteiger partial charge in [-0.1, -0.05) is 12.1 Å². The van der Waals surface area contributed by atoms with Gasteiger partial charge in [0, 0.05) is 54.2 Å². The molecule has 0 bridgehead atoms. The van der Waals surface area contributed by atoms with Gasteiger partial charge in [-0.25, -0.2) is 19.5 Å². The van der Waals surface area contributed by atoms with E-state index in [-0.39, 0.29) is 24.3 Å². The van der Waals surface area contributed by atoms with Crippen LogP contribution in [0.1, 0.15) is 88.0 Å². The second kappa shape index (κ2) is 22.5. The molecule has 9 rings (SSSR count). The van der Waals surface area contributed by atoms with Crippen LogP contribution in [0.3, 0.4) is 0 Å². The number of amides is 2. The second-order valence-corrected chi connectivity index (χ2v) is 18.9. The molecule has 5 heterocycles. The zero-order valence-corrected chi connectivity index (χ0v) is 43.1. The average Bonchev–Trinajstić information content (AvgIpc) is 4.02. The molecule has 16 nitrogen and oxygen atoms in total. The van der Waals surface area contributed by atoms with Gasteiger partial charge in [-0.3, -0.25) is 28.7 Å². The highest BCUT2D eigenvalue weighted by atomic mass is 127. The van der Waals surface area contributed by atoms with Crippen LogP contribution in [0.15, 0.2) is 78.9 Å². The number of methoxy groups -OCH3 is 1. The number of aldehydes is 1. The molecule has 4 aromatic carbocycles. The van der Waals surface area contributed by atoms with Gasteiger partial charge in [0.05, 0.1) is 44.4 Å². The summed E-state index contributed by atoms with van der Waals surface area (Å²) in [6.45, 7) is 2.06. The molecule has 3 aromatic heterocycles. The fourth-order valence-corrected chi connectivity index (χ4v) is 9.04. The second-order valence-electron chi connectivity index (χ2n) is 15.2. The van der Waals surface area contributed by atoms with Gasteiger partial charge in [-0.15, -0.1) is 0 Å². The van der Waals surface area contributed by atoms with Gasteiger partial charge in [0.15, 0.2) is 30.1 Å². The molecule has 2 saturated heterocycles. The maximum Gasteiger partial charge on any atom is 0.298 e. The van der Waals surface area contributed by atoms with E-state index in [2.05, 4.69) is 83.1 Å². The Hall–Kier alpha value is -4.27. The molecule has 65 heavy (non-hydrogen) atoms. The third-order valence-corrected chi connectivity index (χ3v) is 13.1. The van der Waals surface area contributed by atoms with Gasteiger partial charge < -0.3 is 14.2 Å². The van der Waals surface area contributed by atoms with E-state index in [1.54, 1.807) is 21.2 Å². The third-order valence-electron chi connectivity index (χ3n) is 11.1. The number of hydroxylamine groups is 4. The number of carbonyl (C=O) groups is 3. The van der Waals surface area contributed by atoms with Crippen LogP contribution >= 0.6 is 67.8 Å².